The number of fused-ring (bicyclic) bond motifs is 1. The van der Waals surface area contributed by atoms with Gasteiger partial charge < -0.3 is 5.32 Å². The SMILES string of the molecule is CCNc1nc(-c2ccc3ccccc3n2)ncc1Br. The van der Waals surface area contributed by atoms with Gasteiger partial charge in [0, 0.05) is 18.1 Å². The Balaban J connectivity index is 2.08. The zero-order valence-electron chi connectivity index (χ0n) is 11.0. The van der Waals surface area contributed by atoms with Crippen molar-refractivity contribution < 1.29 is 0 Å². The van der Waals surface area contributed by atoms with Crippen LogP contribution in [0.1, 0.15) is 6.92 Å². The molecule has 1 aromatic carbocycles. The smallest absolute Gasteiger partial charge is 0.180 e. The molecule has 0 saturated heterocycles. The van der Waals surface area contributed by atoms with Gasteiger partial charge in [-0.25, -0.2) is 15.0 Å². The fourth-order valence-corrected chi connectivity index (χ4v) is 2.30. The van der Waals surface area contributed by atoms with Crippen molar-refractivity contribution in [3.8, 4) is 11.5 Å². The fraction of sp³-hybridized carbons (Fsp3) is 0.133. The molecule has 0 saturated carbocycles. The van der Waals surface area contributed by atoms with Gasteiger partial charge >= 0.3 is 0 Å². The lowest BCUT2D eigenvalue weighted by atomic mass is 10.2. The molecular formula is C15H13BrN4. The van der Waals surface area contributed by atoms with Crippen molar-refractivity contribution in [2.24, 2.45) is 0 Å². The van der Waals surface area contributed by atoms with E-state index in [0.29, 0.717) is 5.82 Å². The summed E-state index contributed by atoms with van der Waals surface area (Å²) < 4.78 is 0.851. The Labute approximate surface area is 125 Å². The van der Waals surface area contributed by atoms with E-state index in [0.717, 1.165) is 33.4 Å². The van der Waals surface area contributed by atoms with Crippen molar-refractivity contribution >= 4 is 32.7 Å². The number of pyridine rings is 1. The quantitative estimate of drug-likeness (QED) is 0.792. The molecular weight excluding hydrogens is 316 g/mol. The van der Waals surface area contributed by atoms with Crippen molar-refractivity contribution in [1.82, 2.24) is 15.0 Å². The highest BCUT2D eigenvalue weighted by molar-refractivity contribution is 9.10. The Morgan fingerprint density at radius 2 is 1.95 bits per heavy atom. The number of aromatic nitrogens is 3. The van der Waals surface area contributed by atoms with E-state index >= 15 is 0 Å². The summed E-state index contributed by atoms with van der Waals surface area (Å²) in [5, 5.41) is 4.31. The Morgan fingerprint density at radius 1 is 1.10 bits per heavy atom. The van der Waals surface area contributed by atoms with Crippen LogP contribution in [0.25, 0.3) is 22.4 Å². The summed E-state index contributed by atoms with van der Waals surface area (Å²) in [6, 6.07) is 12.0. The number of hydrogen-bond acceptors (Lipinski definition) is 4. The molecule has 1 N–H and O–H groups in total. The summed E-state index contributed by atoms with van der Waals surface area (Å²) in [5.41, 5.74) is 1.72. The van der Waals surface area contributed by atoms with Crippen molar-refractivity contribution in [3.63, 3.8) is 0 Å². The number of anilines is 1. The van der Waals surface area contributed by atoms with E-state index in [1.807, 2.05) is 43.3 Å². The predicted octanol–water partition coefficient (Wildman–Crippen LogP) is 3.89. The molecule has 0 radical (unpaired) electrons. The zero-order valence-corrected chi connectivity index (χ0v) is 12.6. The molecule has 2 heterocycles. The minimum Gasteiger partial charge on any atom is -0.369 e. The van der Waals surface area contributed by atoms with Crippen molar-refractivity contribution in [3.05, 3.63) is 47.1 Å². The second-order valence-corrected chi connectivity index (χ2v) is 5.16. The van der Waals surface area contributed by atoms with Gasteiger partial charge in [-0.3, -0.25) is 0 Å². The van der Waals surface area contributed by atoms with E-state index < -0.39 is 0 Å². The third-order valence-electron chi connectivity index (χ3n) is 2.92. The first-order valence-electron chi connectivity index (χ1n) is 6.40. The van der Waals surface area contributed by atoms with Gasteiger partial charge in [0.05, 0.1) is 9.99 Å². The first-order valence-corrected chi connectivity index (χ1v) is 7.20. The summed E-state index contributed by atoms with van der Waals surface area (Å²) in [4.78, 5) is 13.5. The third-order valence-corrected chi connectivity index (χ3v) is 3.50. The molecule has 0 amide bonds. The number of rotatable bonds is 3. The number of nitrogens with one attached hydrogen (secondary N) is 1. The van der Waals surface area contributed by atoms with Crippen LogP contribution in [-0.2, 0) is 0 Å². The topological polar surface area (TPSA) is 50.7 Å². The van der Waals surface area contributed by atoms with Crippen molar-refractivity contribution in [1.29, 1.82) is 0 Å². The average molecular weight is 329 g/mol. The predicted molar refractivity (Wildman–Crippen MR) is 84.6 cm³/mol. The lowest BCUT2D eigenvalue weighted by molar-refractivity contribution is 1.09. The van der Waals surface area contributed by atoms with E-state index in [4.69, 9.17) is 0 Å². The largest absolute Gasteiger partial charge is 0.369 e. The minimum atomic E-state index is 0.620. The summed E-state index contributed by atoms with van der Waals surface area (Å²) in [7, 11) is 0. The maximum Gasteiger partial charge on any atom is 0.180 e. The van der Waals surface area contributed by atoms with Gasteiger partial charge in [-0.2, -0.15) is 0 Å². The molecule has 4 nitrogen and oxygen atoms in total. The van der Waals surface area contributed by atoms with Crippen LogP contribution < -0.4 is 5.32 Å². The Bertz CT molecular complexity index is 758. The fourth-order valence-electron chi connectivity index (χ4n) is 1.97. The van der Waals surface area contributed by atoms with Crippen molar-refractivity contribution in [2.45, 2.75) is 6.92 Å². The van der Waals surface area contributed by atoms with Crippen LogP contribution in [0.2, 0.25) is 0 Å². The summed E-state index contributed by atoms with van der Waals surface area (Å²) in [5.74, 6) is 1.40. The second-order valence-electron chi connectivity index (χ2n) is 4.31. The number of halogens is 1. The lowest BCUT2D eigenvalue weighted by Crippen LogP contribution is -2.02. The zero-order chi connectivity index (χ0) is 13.9. The molecule has 0 atom stereocenters. The van der Waals surface area contributed by atoms with Crippen LogP contribution in [0.3, 0.4) is 0 Å². The van der Waals surface area contributed by atoms with E-state index in [-0.39, 0.29) is 0 Å². The molecule has 0 bridgehead atoms. The Hall–Kier alpha value is -2.01. The Morgan fingerprint density at radius 3 is 2.80 bits per heavy atom. The molecule has 20 heavy (non-hydrogen) atoms. The third kappa shape index (κ3) is 2.49. The van der Waals surface area contributed by atoms with Crippen LogP contribution >= 0.6 is 15.9 Å². The number of nitrogens with zero attached hydrogens (tertiary/aromatic N) is 3. The Kier molecular flexibility index (Phi) is 3.60. The lowest BCUT2D eigenvalue weighted by Gasteiger charge is -2.07. The standard InChI is InChI=1S/C15H13BrN4/c1-2-17-14-11(16)9-18-15(20-14)13-8-7-10-5-3-4-6-12(10)19-13/h3-9H,2H2,1H3,(H,17,18,20). The van der Waals surface area contributed by atoms with Gasteiger partial charge in [0.2, 0.25) is 0 Å². The number of hydrogen-bond donors (Lipinski definition) is 1. The minimum absolute atomic E-state index is 0.620. The monoisotopic (exact) mass is 328 g/mol. The molecule has 3 rings (SSSR count). The second kappa shape index (κ2) is 5.54. The first-order chi connectivity index (χ1) is 9.78. The summed E-state index contributed by atoms with van der Waals surface area (Å²) in [6.45, 7) is 2.84. The molecule has 2 aromatic heterocycles. The first kappa shape index (κ1) is 13.0. The maximum absolute atomic E-state index is 4.61. The van der Waals surface area contributed by atoms with E-state index in [2.05, 4.69) is 36.2 Å². The summed E-state index contributed by atoms with van der Waals surface area (Å²) in [6.07, 6.45) is 1.75. The molecule has 0 fully saturated rings. The number of benzene rings is 1. The highest BCUT2D eigenvalue weighted by Crippen LogP contribution is 2.23. The highest BCUT2D eigenvalue weighted by Gasteiger charge is 2.08. The van der Waals surface area contributed by atoms with E-state index in [1.165, 1.54) is 0 Å². The van der Waals surface area contributed by atoms with Crippen LogP contribution in [0.4, 0.5) is 5.82 Å². The maximum atomic E-state index is 4.61. The molecule has 0 spiro atoms. The molecule has 0 unspecified atom stereocenters. The van der Waals surface area contributed by atoms with Crippen LogP contribution in [0, 0.1) is 0 Å². The van der Waals surface area contributed by atoms with Crippen LogP contribution in [0.15, 0.2) is 47.1 Å². The number of para-hydroxylation sites is 1. The van der Waals surface area contributed by atoms with E-state index in [1.54, 1.807) is 6.20 Å². The average Bonchev–Trinajstić information content (AvgIpc) is 2.49. The highest BCUT2D eigenvalue weighted by atomic mass is 79.9. The van der Waals surface area contributed by atoms with Gasteiger partial charge in [0.15, 0.2) is 5.82 Å². The normalized spacial score (nSPS) is 10.7. The van der Waals surface area contributed by atoms with Crippen molar-refractivity contribution in [2.75, 3.05) is 11.9 Å². The molecule has 5 heteroatoms. The van der Waals surface area contributed by atoms with Crippen LogP contribution in [-0.4, -0.2) is 21.5 Å². The van der Waals surface area contributed by atoms with Gasteiger partial charge in [-0.15, -0.1) is 0 Å². The molecule has 3 aromatic rings. The van der Waals surface area contributed by atoms with Gasteiger partial charge in [-0.05, 0) is 35.0 Å². The molecule has 0 aliphatic heterocycles. The van der Waals surface area contributed by atoms with E-state index in [9.17, 15) is 0 Å². The van der Waals surface area contributed by atoms with Crippen LogP contribution in [0.5, 0.6) is 0 Å². The molecule has 100 valence electrons. The van der Waals surface area contributed by atoms with Gasteiger partial charge in [0.1, 0.15) is 11.5 Å². The molecule has 0 aliphatic rings. The van der Waals surface area contributed by atoms with Gasteiger partial charge in [0.25, 0.3) is 0 Å². The molecule has 0 aliphatic carbocycles. The summed E-state index contributed by atoms with van der Waals surface area (Å²) >= 11 is 3.44. The van der Waals surface area contributed by atoms with Gasteiger partial charge in [-0.1, -0.05) is 24.3 Å².